The smallest absolute Gasteiger partial charge is 0.358 e. The van der Waals surface area contributed by atoms with E-state index in [1.165, 1.54) is 11.8 Å². The third kappa shape index (κ3) is 1.45. The van der Waals surface area contributed by atoms with Crippen molar-refractivity contribution in [3.05, 3.63) is 52.0 Å². The molecule has 0 fully saturated rings. The molecule has 0 atom stereocenters. The van der Waals surface area contributed by atoms with Crippen molar-refractivity contribution in [3.8, 4) is 11.3 Å². The second-order valence-corrected chi connectivity index (χ2v) is 5.58. The van der Waals surface area contributed by atoms with E-state index in [-0.39, 0.29) is 5.69 Å². The molecule has 2 aromatic heterocycles. The summed E-state index contributed by atoms with van der Waals surface area (Å²) in [5, 5.41) is 9.18. The summed E-state index contributed by atoms with van der Waals surface area (Å²) >= 11 is 3.46. The van der Waals surface area contributed by atoms with Crippen LogP contribution in [0.3, 0.4) is 0 Å². The maximum atomic E-state index is 11.2. The molecule has 3 aromatic rings. The van der Waals surface area contributed by atoms with Crippen molar-refractivity contribution >= 4 is 27.5 Å². The van der Waals surface area contributed by atoms with Gasteiger partial charge in [-0.2, -0.15) is 0 Å². The third-order valence-electron chi connectivity index (χ3n) is 3.52. The minimum atomic E-state index is -1.06. The summed E-state index contributed by atoms with van der Waals surface area (Å²) in [6.45, 7) is 0. The van der Waals surface area contributed by atoms with Crippen LogP contribution in [0.4, 0.5) is 0 Å². The number of rotatable bonds is 1. The van der Waals surface area contributed by atoms with Crippen molar-refractivity contribution in [1.29, 1.82) is 0 Å². The quantitative estimate of drug-likeness (QED) is 0.583. The van der Waals surface area contributed by atoms with E-state index in [0.29, 0.717) is 5.65 Å². The lowest BCUT2D eigenvalue weighted by Gasteiger charge is -2.01. The van der Waals surface area contributed by atoms with Crippen LogP contribution in [0.25, 0.3) is 16.9 Å². The number of hydrogen-bond acceptors (Lipinski definition) is 3. The molecule has 0 spiro atoms. The highest BCUT2D eigenvalue weighted by atomic mass is 79.9. The summed E-state index contributed by atoms with van der Waals surface area (Å²) in [5.74, 6) is -1.06. The van der Waals surface area contributed by atoms with Crippen molar-refractivity contribution in [2.45, 2.75) is 6.42 Å². The first-order valence-corrected chi connectivity index (χ1v) is 6.82. The van der Waals surface area contributed by atoms with Crippen LogP contribution in [0.2, 0.25) is 0 Å². The summed E-state index contributed by atoms with van der Waals surface area (Å²) in [5.41, 5.74) is 4.50. The van der Waals surface area contributed by atoms with Crippen LogP contribution in [0.5, 0.6) is 0 Å². The molecule has 0 bridgehead atoms. The summed E-state index contributed by atoms with van der Waals surface area (Å²) in [4.78, 5) is 19.6. The molecule has 98 valence electrons. The fourth-order valence-corrected chi connectivity index (χ4v) is 3.09. The lowest BCUT2D eigenvalue weighted by molar-refractivity contribution is 0.0692. The Kier molecular flexibility index (Phi) is 2.26. The van der Waals surface area contributed by atoms with Gasteiger partial charge in [0.1, 0.15) is 0 Å². The zero-order chi connectivity index (χ0) is 13.9. The Bertz CT molecular complexity index is 886. The summed E-state index contributed by atoms with van der Waals surface area (Å²) in [7, 11) is 0. The van der Waals surface area contributed by atoms with Crippen LogP contribution in [-0.2, 0) is 6.42 Å². The number of halogens is 1. The Morgan fingerprint density at radius 1 is 1.40 bits per heavy atom. The standard InChI is InChI=1S/C14H8BrN3O2/c15-8-1-2-9-7(5-8)6-10-11(9)17-13-12(14(19)20)16-3-4-18(10)13/h1-5H,6H2,(H,19,20). The molecule has 1 aromatic carbocycles. The maximum absolute atomic E-state index is 11.2. The van der Waals surface area contributed by atoms with Gasteiger partial charge in [-0.15, -0.1) is 0 Å². The van der Waals surface area contributed by atoms with Crippen LogP contribution >= 0.6 is 15.9 Å². The number of aromatic carboxylic acids is 1. The van der Waals surface area contributed by atoms with E-state index in [0.717, 1.165) is 27.8 Å². The molecule has 1 N–H and O–H groups in total. The second-order valence-electron chi connectivity index (χ2n) is 4.66. The number of carbonyl (C=O) groups is 1. The van der Waals surface area contributed by atoms with E-state index in [9.17, 15) is 9.90 Å². The maximum Gasteiger partial charge on any atom is 0.358 e. The molecule has 5 nitrogen and oxygen atoms in total. The van der Waals surface area contributed by atoms with Gasteiger partial charge in [-0.25, -0.2) is 14.8 Å². The molecule has 0 saturated heterocycles. The average Bonchev–Trinajstić information content (AvgIpc) is 2.93. The molecule has 20 heavy (non-hydrogen) atoms. The Labute approximate surface area is 122 Å². The van der Waals surface area contributed by atoms with Gasteiger partial charge in [0.05, 0.1) is 11.4 Å². The molecule has 1 aliphatic carbocycles. The predicted molar refractivity (Wildman–Crippen MR) is 75.9 cm³/mol. The summed E-state index contributed by atoms with van der Waals surface area (Å²) < 4.78 is 2.85. The lowest BCUT2D eigenvalue weighted by Crippen LogP contribution is -2.04. The topological polar surface area (TPSA) is 67.5 Å². The molecule has 0 saturated carbocycles. The first-order valence-electron chi connectivity index (χ1n) is 6.03. The van der Waals surface area contributed by atoms with Crippen LogP contribution in [0.15, 0.2) is 35.1 Å². The minimum absolute atomic E-state index is 0.0134. The highest BCUT2D eigenvalue weighted by molar-refractivity contribution is 9.10. The number of carboxylic acid groups (broad SMARTS) is 1. The number of nitrogens with zero attached hydrogens (tertiary/aromatic N) is 3. The van der Waals surface area contributed by atoms with Crippen molar-refractivity contribution in [1.82, 2.24) is 14.4 Å². The predicted octanol–water partition coefficient (Wildman–Crippen LogP) is 2.76. The number of fused-ring (bicyclic) bond motifs is 5. The monoisotopic (exact) mass is 329 g/mol. The molecule has 1 aliphatic rings. The first-order chi connectivity index (χ1) is 9.65. The van der Waals surface area contributed by atoms with Gasteiger partial charge >= 0.3 is 5.97 Å². The summed E-state index contributed by atoms with van der Waals surface area (Å²) in [6.07, 6.45) is 4.00. The minimum Gasteiger partial charge on any atom is -0.476 e. The van der Waals surface area contributed by atoms with Crippen molar-refractivity contribution < 1.29 is 9.90 Å². The number of aromatic nitrogens is 3. The highest BCUT2D eigenvalue weighted by Crippen LogP contribution is 2.37. The molecule has 0 amide bonds. The Morgan fingerprint density at radius 2 is 2.25 bits per heavy atom. The van der Waals surface area contributed by atoms with Gasteiger partial charge in [-0.1, -0.05) is 22.0 Å². The van der Waals surface area contributed by atoms with Gasteiger partial charge in [0.2, 0.25) is 0 Å². The molecule has 0 radical (unpaired) electrons. The first kappa shape index (κ1) is 11.6. The SMILES string of the molecule is O=C(O)c1nccn2c3c(nc12)-c1ccc(Br)cc1C3. The molecule has 6 heteroatoms. The van der Waals surface area contributed by atoms with E-state index in [4.69, 9.17) is 0 Å². The fraction of sp³-hybridized carbons (Fsp3) is 0.0714. The van der Waals surface area contributed by atoms with Crippen LogP contribution in [0.1, 0.15) is 21.7 Å². The van der Waals surface area contributed by atoms with Gasteiger partial charge in [0.25, 0.3) is 0 Å². The van der Waals surface area contributed by atoms with E-state index in [1.54, 1.807) is 6.20 Å². The van der Waals surface area contributed by atoms with Crippen molar-refractivity contribution in [3.63, 3.8) is 0 Å². The van der Waals surface area contributed by atoms with Crippen molar-refractivity contribution in [2.24, 2.45) is 0 Å². The number of benzene rings is 1. The van der Waals surface area contributed by atoms with Crippen molar-refractivity contribution in [2.75, 3.05) is 0 Å². The van der Waals surface area contributed by atoms with Gasteiger partial charge in [0.15, 0.2) is 11.3 Å². The molecule has 2 heterocycles. The second kappa shape index (κ2) is 3.89. The molecule has 4 rings (SSSR count). The van der Waals surface area contributed by atoms with E-state index < -0.39 is 5.97 Å². The van der Waals surface area contributed by atoms with E-state index >= 15 is 0 Å². The average molecular weight is 330 g/mol. The Balaban J connectivity index is 2.04. The number of carboxylic acids is 1. The van der Waals surface area contributed by atoms with E-state index in [1.807, 2.05) is 16.5 Å². The molecular formula is C14H8BrN3O2. The lowest BCUT2D eigenvalue weighted by atomic mass is 10.1. The van der Waals surface area contributed by atoms with Crippen LogP contribution < -0.4 is 0 Å². The third-order valence-corrected chi connectivity index (χ3v) is 4.02. The normalized spacial score (nSPS) is 12.4. The largest absolute Gasteiger partial charge is 0.476 e. The number of imidazole rings is 1. The van der Waals surface area contributed by atoms with E-state index in [2.05, 4.69) is 32.0 Å². The fourth-order valence-electron chi connectivity index (χ4n) is 2.68. The highest BCUT2D eigenvalue weighted by Gasteiger charge is 2.26. The Hall–Kier alpha value is -2.21. The zero-order valence-corrected chi connectivity index (χ0v) is 11.8. The number of hydrogen-bond donors (Lipinski definition) is 1. The zero-order valence-electron chi connectivity index (χ0n) is 10.2. The molecule has 0 unspecified atom stereocenters. The van der Waals surface area contributed by atoms with Crippen LogP contribution in [-0.4, -0.2) is 25.4 Å². The summed E-state index contributed by atoms with van der Waals surface area (Å²) in [6, 6.07) is 6.04. The van der Waals surface area contributed by atoms with Gasteiger partial charge in [0, 0.05) is 28.9 Å². The van der Waals surface area contributed by atoms with Gasteiger partial charge in [-0.05, 0) is 17.7 Å². The Morgan fingerprint density at radius 3 is 3.05 bits per heavy atom. The molecule has 0 aliphatic heterocycles. The van der Waals surface area contributed by atoms with Gasteiger partial charge < -0.3 is 5.11 Å². The van der Waals surface area contributed by atoms with Crippen LogP contribution in [0, 0.1) is 0 Å². The molecular weight excluding hydrogens is 322 g/mol. The van der Waals surface area contributed by atoms with Gasteiger partial charge in [-0.3, -0.25) is 4.40 Å².